The van der Waals surface area contributed by atoms with Crippen LogP contribution in [0.25, 0.3) is 0 Å². The molecule has 0 saturated carbocycles. The van der Waals surface area contributed by atoms with E-state index in [9.17, 15) is 26.4 Å². The lowest BCUT2D eigenvalue weighted by Gasteiger charge is -2.12. The first-order valence-electron chi connectivity index (χ1n) is 5.62. The molecular weight excluding hydrogens is 337 g/mol. The van der Waals surface area contributed by atoms with Crippen molar-refractivity contribution in [2.75, 3.05) is 26.0 Å². The van der Waals surface area contributed by atoms with Crippen LogP contribution in [-0.2, 0) is 19.1 Å². The fraction of sp³-hybridized carbons (Fsp3) is 0.778. The summed E-state index contributed by atoms with van der Waals surface area (Å²) in [7, 11) is -3.49. The third kappa shape index (κ3) is 7.99. The minimum Gasteiger partial charge on any atom is -0.475 e. The van der Waals surface area contributed by atoms with Crippen molar-refractivity contribution < 1.29 is 45.6 Å². The molecule has 1 heterocycles. The molecule has 0 spiro atoms. The molecule has 0 unspecified atom stereocenters. The third-order valence-corrected chi connectivity index (χ3v) is 3.07. The Morgan fingerprint density at radius 2 is 1.77 bits per heavy atom. The van der Waals surface area contributed by atoms with Crippen LogP contribution in [-0.4, -0.2) is 73.8 Å². The first-order valence-corrected chi connectivity index (χ1v) is 7.43. The summed E-state index contributed by atoms with van der Waals surface area (Å²) in [6.07, 6.45) is -5.19. The maximum Gasteiger partial charge on any atom is 0.490 e. The molecule has 1 aliphatic rings. The van der Waals surface area contributed by atoms with Gasteiger partial charge in [-0.05, 0) is 0 Å². The molecule has 1 amide bonds. The second kappa shape index (κ2) is 7.60. The zero-order valence-electron chi connectivity index (χ0n) is 11.3. The van der Waals surface area contributed by atoms with Crippen LogP contribution in [0.2, 0.25) is 0 Å². The van der Waals surface area contributed by atoms with Gasteiger partial charge in [-0.25, -0.2) is 9.59 Å². The molecule has 1 saturated heterocycles. The number of rotatable bonds is 3. The van der Waals surface area contributed by atoms with Gasteiger partial charge in [0.05, 0.1) is 12.9 Å². The number of hydrogen-bond donors (Lipinski definition) is 3. The summed E-state index contributed by atoms with van der Waals surface area (Å²) in [5.74, 6) is -3.02. The lowest BCUT2D eigenvalue weighted by atomic mass is 10.1. The number of carboxylic acids is 1. The number of likely N-dealkylation sites (tertiary alicyclic amines) is 1. The predicted molar refractivity (Wildman–Crippen MR) is 65.5 cm³/mol. The highest BCUT2D eigenvalue weighted by Crippen LogP contribution is 2.16. The number of aliphatic carboxylic acids is 1. The zero-order valence-corrected chi connectivity index (χ0v) is 12.1. The Bertz CT molecular complexity index is 508. The zero-order chi connectivity index (χ0) is 17.7. The SMILES string of the molecule is CS(=O)(=O)OC[C@H]1CN(C(=O)O)C[C@H]1N.O=C(O)C(F)(F)F. The number of amides is 1. The lowest BCUT2D eigenvalue weighted by Crippen LogP contribution is -2.33. The van der Waals surface area contributed by atoms with Crippen LogP contribution < -0.4 is 5.73 Å². The van der Waals surface area contributed by atoms with Gasteiger partial charge in [-0.2, -0.15) is 21.6 Å². The van der Waals surface area contributed by atoms with Gasteiger partial charge in [0, 0.05) is 25.0 Å². The molecule has 0 aliphatic carbocycles. The van der Waals surface area contributed by atoms with E-state index >= 15 is 0 Å². The standard InChI is InChI=1S/C7H14N2O5S.C2HF3O2/c1-15(12,13)14-4-5-2-9(7(10)11)3-6(5)8;3-2(4,5)1(6)7/h5-6H,2-4,8H2,1H3,(H,10,11);(H,6,7)/t5-,6-;/m1./s1. The van der Waals surface area contributed by atoms with E-state index in [0.717, 1.165) is 11.2 Å². The van der Waals surface area contributed by atoms with Gasteiger partial charge in [0.1, 0.15) is 0 Å². The quantitative estimate of drug-likeness (QED) is 0.578. The van der Waals surface area contributed by atoms with Crippen LogP contribution >= 0.6 is 0 Å². The van der Waals surface area contributed by atoms with Gasteiger partial charge in [0.2, 0.25) is 0 Å². The summed E-state index contributed by atoms with van der Waals surface area (Å²) in [5.41, 5.74) is 5.66. The van der Waals surface area contributed by atoms with E-state index in [2.05, 4.69) is 4.18 Å². The number of carboxylic acid groups (broad SMARTS) is 2. The van der Waals surface area contributed by atoms with E-state index in [1.165, 1.54) is 0 Å². The average molecular weight is 352 g/mol. The molecule has 13 heteroatoms. The number of nitrogens with two attached hydrogens (primary N) is 1. The Labute approximate surface area is 123 Å². The Morgan fingerprint density at radius 1 is 1.32 bits per heavy atom. The molecule has 0 bridgehead atoms. The molecule has 1 fully saturated rings. The van der Waals surface area contributed by atoms with Crippen LogP contribution in [0.4, 0.5) is 18.0 Å². The molecule has 4 N–H and O–H groups in total. The highest BCUT2D eigenvalue weighted by Gasteiger charge is 2.38. The molecule has 0 radical (unpaired) electrons. The summed E-state index contributed by atoms with van der Waals surface area (Å²) in [4.78, 5) is 20.7. The van der Waals surface area contributed by atoms with Crippen molar-refractivity contribution in [1.82, 2.24) is 4.90 Å². The highest BCUT2D eigenvalue weighted by molar-refractivity contribution is 7.85. The van der Waals surface area contributed by atoms with E-state index in [1.807, 2.05) is 0 Å². The summed E-state index contributed by atoms with van der Waals surface area (Å²) < 4.78 is 57.8. The molecule has 0 aromatic heterocycles. The monoisotopic (exact) mass is 352 g/mol. The Morgan fingerprint density at radius 3 is 2.05 bits per heavy atom. The van der Waals surface area contributed by atoms with Crippen molar-refractivity contribution in [2.45, 2.75) is 12.2 Å². The summed E-state index contributed by atoms with van der Waals surface area (Å²) in [5, 5.41) is 15.8. The molecule has 22 heavy (non-hydrogen) atoms. The normalized spacial score (nSPS) is 22.0. The third-order valence-electron chi connectivity index (χ3n) is 2.50. The average Bonchev–Trinajstić information content (AvgIpc) is 2.67. The van der Waals surface area contributed by atoms with Crippen LogP contribution in [0.1, 0.15) is 0 Å². The maximum absolute atomic E-state index is 10.7. The van der Waals surface area contributed by atoms with E-state index in [4.69, 9.17) is 20.7 Å². The molecule has 130 valence electrons. The number of nitrogens with zero attached hydrogens (tertiary/aromatic N) is 1. The van der Waals surface area contributed by atoms with Crippen LogP contribution in [0.15, 0.2) is 0 Å². The first-order chi connectivity index (χ1) is 9.74. The molecule has 2 atom stereocenters. The van der Waals surface area contributed by atoms with E-state index < -0.39 is 28.4 Å². The minimum absolute atomic E-state index is 0.0657. The van der Waals surface area contributed by atoms with Gasteiger partial charge in [-0.15, -0.1) is 0 Å². The summed E-state index contributed by atoms with van der Waals surface area (Å²) in [6.45, 7) is 0.364. The smallest absolute Gasteiger partial charge is 0.475 e. The number of alkyl halides is 3. The van der Waals surface area contributed by atoms with Crippen molar-refractivity contribution in [2.24, 2.45) is 11.7 Å². The van der Waals surface area contributed by atoms with E-state index in [-0.39, 0.29) is 31.7 Å². The molecule has 1 aliphatic heterocycles. The second-order valence-electron chi connectivity index (χ2n) is 4.40. The number of halogens is 3. The molecule has 0 aromatic carbocycles. The van der Waals surface area contributed by atoms with E-state index in [1.54, 1.807) is 0 Å². The summed E-state index contributed by atoms with van der Waals surface area (Å²) >= 11 is 0. The van der Waals surface area contributed by atoms with Crippen LogP contribution in [0, 0.1) is 5.92 Å². The topological polar surface area (TPSA) is 147 Å². The number of carbonyl (C=O) groups is 2. The van der Waals surface area contributed by atoms with E-state index in [0.29, 0.717) is 0 Å². The molecule has 0 aromatic rings. The maximum atomic E-state index is 10.7. The van der Waals surface area contributed by atoms with Crippen molar-refractivity contribution in [1.29, 1.82) is 0 Å². The second-order valence-corrected chi connectivity index (χ2v) is 6.05. The van der Waals surface area contributed by atoms with Gasteiger partial charge in [0.25, 0.3) is 10.1 Å². The van der Waals surface area contributed by atoms with Gasteiger partial charge in [-0.3, -0.25) is 4.18 Å². The molecule has 9 nitrogen and oxygen atoms in total. The Kier molecular flexibility index (Phi) is 7.05. The predicted octanol–water partition coefficient (Wildman–Crippen LogP) is -0.467. The van der Waals surface area contributed by atoms with Gasteiger partial charge < -0.3 is 20.8 Å². The van der Waals surface area contributed by atoms with Crippen molar-refractivity contribution in [3.8, 4) is 0 Å². The Balaban J connectivity index is 0.000000534. The van der Waals surface area contributed by atoms with Crippen LogP contribution in [0.5, 0.6) is 0 Å². The summed E-state index contributed by atoms with van der Waals surface area (Å²) in [6, 6.07) is -0.372. The van der Waals surface area contributed by atoms with Crippen molar-refractivity contribution in [3.05, 3.63) is 0 Å². The molecular formula is C9H15F3N2O7S. The largest absolute Gasteiger partial charge is 0.490 e. The fourth-order valence-corrected chi connectivity index (χ4v) is 1.86. The molecule has 1 rings (SSSR count). The first kappa shape index (κ1) is 20.4. The highest BCUT2D eigenvalue weighted by atomic mass is 32.2. The van der Waals surface area contributed by atoms with Crippen LogP contribution in [0.3, 0.4) is 0 Å². The number of hydrogen-bond acceptors (Lipinski definition) is 6. The van der Waals surface area contributed by atoms with Gasteiger partial charge in [0.15, 0.2) is 0 Å². The fourth-order valence-electron chi connectivity index (χ4n) is 1.44. The minimum atomic E-state index is -5.08. The lowest BCUT2D eigenvalue weighted by molar-refractivity contribution is -0.192. The van der Waals surface area contributed by atoms with Crippen molar-refractivity contribution in [3.63, 3.8) is 0 Å². The van der Waals surface area contributed by atoms with Gasteiger partial charge in [-0.1, -0.05) is 0 Å². The van der Waals surface area contributed by atoms with Gasteiger partial charge >= 0.3 is 18.2 Å². The van der Waals surface area contributed by atoms with Crippen molar-refractivity contribution >= 4 is 22.2 Å². The Hall–Kier alpha value is -1.60.